The van der Waals surface area contributed by atoms with Gasteiger partial charge in [-0.1, -0.05) is 42.5 Å². The van der Waals surface area contributed by atoms with E-state index in [0.717, 1.165) is 16.7 Å². The molecule has 146 valence electrons. The van der Waals surface area contributed by atoms with Crippen LogP contribution in [0.1, 0.15) is 28.3 Å². The van der Waals surface area contributed by atoms with Crippen LogP contribution in [0.15, 0.2) is 42.5 Å². The zero-order chi connectivity index (χ0) is 19.4. The second-order valence-corrected chi connectivity index (χ2v) is 6.99. The third kappa shape index (κ3) is 4.82. The maximum atomic E-state index is 13.8. The first kappa shape index (κ1) is 19.7. The van der Waals surface area contributed by atoms with Gasteiger partial charge in [0, 0.05) is 26.2 Å². The average Bonchev–Trinajstić information content (AvgIpc) is 2.62. The van der Waals surface area contributed by atoms with Gasteiger partial charge in [-0.3, -0.25) is 4.90 Å². The van der Waals surface area contributed by atoms with E-state index in [1.54, 1.807) is 12.1 Å². The fourth-order valence-corrected chi connectivity index (χ4v) is 3.65. The van der Waals surface area contributed by atoms with Crippen molar-refractivity contribution < 1.29 is 17.9 Å². The Labute approximate surface area is 158 Å². The van der Waals surface area contributed by atoms with Crippen LogP contribution < -0.4 is 10.1 Å². The second-order valence-electron chi connectivity index (χ2n) is 6.99. The van der Waals surface area contributed by atoms with Crippen LogP contribution in [0.2, 0.25) is 0 Å². The maximum absolute atomic E-state index is 13.8. The van der Waals surface area contributed by atoms with Crippen molar-refractivity contribution >= 4 is 0 Å². The topological polar surface area (TPSA) is 24.5 Å². The molecule has 0 aliphatic carbocycles. The number of piperazine rings is 1. The molecule has 0 aromatic heterocycles. The van der Waals surface area contributed by atoms with Crippen molar-refractivity contribution in [3.05, 3.63) is 64.7 Å². The van der Waals surface area contributed by atoms with Gasteiger partial charge >= 0.3 is 6.18 Å². The summed E-state index contributed by atoms with van der Waals surface area (Å²) in [4.78, 5) is 1.51. The molecule has 2 aromatic rings. The Morgan fingerprint density at radius 1 is 1.04 bits per heavy atom. The van der Waals surface area contributed by atoms with Crippen LogP contribution in [0.4, 0.5) is 13.2 Å². The van der Waals surface area contributed by atoms with Crippen LogP contribution in [0.5, 0.6) is 5.75 Å². The number of rotatable bonds is 5. The highest BCUT2D eigenvalue weighted by Gasteiger charge is 2.45. The van der Waals surface area contributed by atoms with Gasteiger partial charge in [-0.05, 0) is 36.1 Å². The molecule has 1 aliphatic rings. The Kier molecular flexibility index (Phi) is 6.07. The van der Waals surface area contributed by atoms with E-state index in [1.807, 2.05) is 44.2 Å². The van der Waals surface area contributed by atoms with E-state index in [4.69, 9.17) is 4.74 Å². The summed E-state index contributed by atoms with van der Waals surface area (Å²) in [6, 6.07) is 11.4. The number of nitrogens with zero attached hydrogens (tertiary/aromatic N) is 1. The van der Waals surface area contributed by atoms with E-state index in [1.165, 1.54) is 4.90 Å². The summed E-state index contributed by atoms with van der Waals surface area (Å²) in [5, 5.41) is 3.11. The Balaban J connectivity index is 1.85. The van der Waals surface area contributed by atoms with E-state index in [2.05, 4.69) is 5.32 Å². The van der Waals surface area contributed by atoms with Crippen molar-refractivity contribution in [3.8, 4) is 5.75 Å². The molecule has 6 heteroatoms. The molecule has 0 amide bonds. The van der Waals surface area contributed by atoms with Crippen LogP contribution in [-0.2, 0) is 6.61 Å². The molecule has 1 heterocycles. The van der Waals surface area contributed by atoms with E-state index >= 15 is 0 Å². The molecule has 3 rings (SSSR count). The van der Waals surface area contributed by atoms with Crippen molar-refractivity contribution in [3.63, 3.8) is 0 Å². The fourth-order valence-electron chi connectivity index (χ4n) is 3.65. The minimum absolute atomic E-state index is 0.284. The lowest BCUT2D eigenvalue weighted by Crippen LogP contribution is -2.49. The van der Waals surface area contributed by atoms with Gasteiger partial charge in [0.15, 0.2) is 0 Å². The van der Waals surface area contributed by atoms with Gasteiger partial charge < -0.3 is 10.1 Å². The van der Waals surface area contributed by atoms with Crippen molar-refractivity contribution in [2.24, 2.45) is 0 Å². The molecular formula is C21H25F3N2O. The van der Waals surface area contributed by atoms with Crippen LogP contribution in [0.25, 0.3) is 0 Å². The minimum atomic E-state index is -4.32. The number of ether oxygens (including phenoxy) is 1. The Hall–Kier alpha value is -2.05. The summed E-state index contributed by atoms with van der Waals surface area (Å²) < 4.78 is 47.4. The molecule has 3 nitrogen and oxygen atoms in total. The molecule has 1 N–H and O–H groups in total. The number of hydrogen-bond donors (Lipinski definition) is 1. The largest absolute Gasteiger partial charge is 0.488 e. The molecule has 1 aliphatic heterocycles. The van der Waals surface area contributed by atoms with Gasteiger partial charge in [0.05, 0.1) is 0 Å². The maximum Gasteiger partial charge on any atom is 0.408 e. The summed E-state index contributed by atoms with van der Waals surface area (Å²) >= 11 is 0. The van der Waals surface area contributed by atoms with E-state index < -0.39 is 12.2 Å². The zero-order valence-corrected chi connectivity index (χ0v) is 15.6. The Morgan fingerprint density at radius 3 is 2.19 bits per heavy atom. The van der Waals surface area contributed by atoms with Crippen molar-refractivity contribution in [1.82, 2.24) is 10.2 Å². The standard InChI is InChI=1S/C21H25F3N2O/c1-15-12-18(20(21(22,23)24)26-10-8-25-9-11-26)13-16(2)19(15)27-14-17-6-4-3-5-7-17/h3-7,12-13,20,25H,8-11,14H2,1-2H3/t20-/m1/s1. The number of benzene rings is 2. The summed E-state index contributed by atoms with van der Waals surface area (Å²) in [6.45, 7) is 5.92. The smallest absolute Gasteiger partial charge is 0.408 e. The number of hydrogen-bond acceptors (Lipinski definition) is 3. The molecule has 1 atom stereocenters. The number of aryl methyl sites for hydroxylation is 2. The van der Waals surface area contributed by atoms with Gasteiger partial charge in [-0.25, -0.2) is 0 Å². The molecule has 0 spiro atoms. The minimum Gasteiger partial charge on any atom is -0.488 e. The molecule has 1 fully saturated rings. The first-order chi connectivity index (χ1) is 12.9. The van der Waals surface area contributed by atoms with Crippen LogP contribution in [0, 0.1) is 13.8 Å². The summed E-state index contributed by atoms with van der Waals surface area (Å²) in [5.41, 5.74) is 2.76. The fraction of sp³-hybridized carbons (Fsp3) is 0.429. The highest BCUT2D eigenvalue weighted by atomic mass is 19.4. The molecule has 0 bridgehead atoms. The first-order valence-corrected chi connectivity index (χ1v) is 9.15. The van der Waals surface area contributed by atoms with Crippen LogP contribution in [-0.4, -0.2) is 37.3 Å². The average molecular weight is 378 g/mol. The first-order valence-electron chi connectivity index (χ1n) is 9.15. The monoisotopic (exact) mass is 378 g/mol. The lowest BCUT2D eigenvalue weighted by Gasteiger charge is -2.36. The van der Waals surface area contributed by atoms with E-state index in [9.17, 15) is 13.2 Å². The van der Waals surface area contributed by atoms with E-state index in [-0.39, 0.29) is 5.56 Å². The summed E-state index contributed by atoms with van der Waals surface area (Å²) in [6.07, 6.45) is -4.32. The lowest BCUT2D eigenvalue weighted by atomic mass is 9.98. The highest BCUT2D eigenvalue weighted by molar-refractivity contribution is 5.44. The second kappa shape index (κ2) is 8.31. The van der Waals surface area contributed by atoms with Crippen molar-refractivity contribution in [2.45, 2.75) is 32.7 Å². The number of alkyl halides is 3. The predicted octanol–water partition coefficient (Wildman–Crippen LogP) is 4.39. The van der Waals surface area contributed by atoms with Gasteiger partial charge in [0.1, 0.15) is 18.4 Å². The Morgan fingerprint density at radius 2 is 1.63 bits per heavy atom. The summed E-state index contributed by atoms with van der Waals surface area (Å²) in [5.74, 6) is 0.656. The third-order valence-corrected chi connectivity index (χ3v) is 4.85. The molecule has 2 aromatic carbocycles. The highest BCUT2D eigenvalue weighted by Crippen LogP contribution is 2.40. The van der Waals surface area contributed by atoms with Crippen molar-refractivity contribution in [1.29, 1.82) is 0 Å². The molecule has 0 radical (unpaired) electrons. The third-order valence-electron chi connectivity index (χ3n) is 4.85. The SMILES string of the molecule is Cc1cc([C@@H](N2CCNCC2)C(F)(F)F)cc(C)c1OCc1ccccc1. The lowest BCUT2D eigenvalue weighted by molar-refractivity contribution is -0.187. The number of halogens is 3. The molecule has 27 heavy (non-hydrogen) atoms. The quantitative estimate of drug-likeness (QED) is 0.835. The molecule has 1 saturated heterocycles. The zero-order valence-electron chi connectivity index (χ0n) is 15.6. The van der Waals surface area contributed by atoms with Gasteiger partial charge in [0.25, 0.3) is 0 Å². The van der Waals surface area contributed by atoms with Gasteiger partial charge in [-0.15, -0.1) is 0 Å². The van der Waals surface area contributed by atoms with Crippen LogP contribution >= 0.6 is 0 Å². The van der Waals surface area contributed by atoms with Gasteiger partial charge in [0.2, 0.25) is 0 Å². The normalized spacial score (nSPS) is 16.9. The summed E-state index contributed by atoms with van der Waals surface area (Å²) in [7, 11) is 0. The van der Waals surface area contributed by atoms with Crippen molar-refractivity contribution in [2.75, 3.05) is 26.2 Å². The number of nitrogens with one attached hydrogen (secondary N) is 1. The van der Waals surface area contributed by atoms with Crippen LogP contribution in [0.3, 0.4) is 0 Å². The molecule has 0 unspecified atom stereocenters. The van der Waals surface area contributed by atoms with Gasteiger partial charge in [-0.2, -0.15) is 13.2 Å². The van der Waals surface area contributed by atoms with E-state index in [0.29, 0.717) is 38.5 Å². The Bertz CT molecular complexity index is 733. The predicted molar refractivity (Wildman–Crippen MR) is 99.9 cm³/mol. The molecule has 0 saturated carbocycles. The molecular weight excluding hydrogens is 353 g/mol.